The van der Waals surface area contributed by atoms with Gasteiger partial charge in [0.15, 0.2) is 5.78 Å². The molecule has 0 aromatic heterocycles. The highest BCUT2D eigenvalue weighted by molar-refractivity contribution is 6.12. The second-order valence-corrected chi connectivity index (χ2v) is 4.08. The molecule has 100 valence electrons. The summed E-state index contributed by atoms with van der Waals surface area (Å²) in [5.41, 5.74) is 2.02. The number of hydrogen-bond acceptors (Lipinski definition) is 2. The molecule has 0 fully saturated rings. The first-order valence-corrected chi connectivity index (χ1v) is 5.82. The number of aryl methyl sites for hydroxylation is 1. The van der Waals surface area contributed by atoms with Crippen molar-refractivity contribution in [2.75, 3.05) is 7.11 Å². The van der Waals surface area contributed by atoms with Crippen LogP contribution in [-0.4, -0.2) is 12.9 Å². The molecule has 0 aliphatic carbocycles. The van der Waals surface area contributed by atoms with Crippen molar-refractivity contribution >= 4 is 5.78 Å². The van der Waals surface area contributed by atoms with E-state index in [1.807, 2.05) is 13.0 Å². The molecule has 0 N–H and O–H groups in total. The van der Waals surface area contributed by atoms with Crippen molar-refractivity contribution in [3.05, 3.63) is 71.6 Å². The Morgan fingerprint density at radius 3 is 2.68 bits per heavy atom. The molecule has 1 aromatic carbocycles. The van der Waals surface area contributed by atoms with Gasteiger partial charge in [-0.1, -0.05) is 37.4 Å². The number of hydrogen-bond donors (Lipinski definition) is 0. The summed E-state index contributed by atoms with van der Waals surface area (Å²) >= 11 is 0. The molecule has 0 atom stereocenters. The van der Waals surface area contributed by atoms with Crippen LogP contribution in [0.25, 0.3) is 0 Å². The normalized spacial score (nSPS) is 11.2. The van der Waals surface area contributed by atoms with Crippen molar-refractivity contribution in [1.29, 1.82) is 0 Å². The third-order valence-electron chi connectivity index (χ3n) is 2.76. The smallest absolute Gasteiger partial charge is 0.196 e. The Bertz CT molecular complexity index is 542. The van der Waals surface area contributed by atoms with Gasteiger partial charge in [0.2, 0.25) is 0 Å². The predicted octanol–water partition coefficient (Wildman–Crippen LogP) is 3.92. The minimum atomic E-state index is -0.769. The van der Waals surface area contributed by atoms with Gasteiger partial charge in [0, 0.05) is 12.7 Å². The number of rotatable bonds is 6. The molecule has 0 saturated carbocycles. The average molecular weight is 260 g/mol. The van der Waals surface area contributed by atoms with Crippen LogP contribution in [0, 0.1) is 6.92 Å². The number of carbonyl (C=O) groups excluding carboxylic acids is 1. The highest BCUT2D eigenvalue weighted by Gasteiger charge is 2.18. The van der Waals surface area contributed by atoms with Crippen molar-refractivity contribution in [1.82, 2.24) is 0 Å². The van der Waals surface area contributed by atoms with Gasteiger partial charge in [-0.3, -0.25) is 4.79 Å². The fourth-order valence-corrected chi connectivity index (χ4v) is 1.80. The molecule has 1 aromatic rings. The lowest BCUT2D eigenvalue weighted by Gasteiger charge is -2.12. The van der Waals surface area contributed by atoms with Crippen molar-refractivity contribution in [3.63, 3.8) is 0 Å². The van der Waals surface area contributed by atoms with Crippen LogP contribution in [0.1, 0.15) is 21.5 Å². The zero-order valence-electron chi connectivity index (χ0n) is 11.2. The van der Waals surface area contributed by atoms with Gasteiger partial charge in [0.05, 0.1) is 12.2 Å². The van der Waals surface area contributed by atoms with Crippen LogP contribution >= 0.6 is 0 Å². The minimum Gasteiger partial charge on any atom is -0.380 e. The largest absolute Gasteiger partial charge is 0.380 e. The van der Waals surface area contributed by atoms with Crippen molar-refractivity contribution in [2.24, 2.45) is 0 Å². The third kappa shape index (κ3) is 3.48. The van der Waals surface area contributed by atoms with Gasteiger partial charge in [0.1, 0.15) is 5.83 Å². The molecule has 0 unspecified atom stereocenters. The van der Waals surface area contributed by atoms with Crippen LogP contribution in [0.4, 0.5) is 4.39 Å². The Kier molecular flexibility index (Phi) is 5.39. The van der Waals surface area contributed by atoms with Gasteiger partial charge >= 0.3 is 0 Å². The molecule has 1 rings (SSSR count). The van der Waals surface area contributed by atoms with E-state index in [2.05, 4.69) is 13.2 Å². The van der Waals surface area contributed by atoms with Crippen LogP contribution < -0.4 is 0 Å². The van der Waals surface area contributed by atoms with E-state index in [9.17, 15) is 9.18 Å². The summed E-state index contributed by atoms with van der Waals surface area (Å²) in [7, 11) is 1.55. The monoisotopic (exact) mass is 260 g/mol. The Balaban J connectivity index is 3.33. The zero-order chi connectivity index (χ0) is 14.4. The lowest BCUT2D eigenvalue weighted by molar-refractivity contribution is 0.102. The maximum Gasteiger partial charge on any atom is 0.196 e. The van der Waals surface area contributed by atoms with Crippen molar-refractivity contribution in [2.45, 2.75) is 13.5 Å². The summed E-state index contributed by atoms with van der Waals surface area (Å²) in [5, 5.41) is 0. The van der Waals surface area contributed by atoms with E-state index < -0.39 is 11.6 Å². The Hall–Kier alpha value is -2.00. The minimum absolute atomic E-state index is 0.0852. The maximum absolute atomic E-state index is 13.3. The van der Waals surface area contributed by atoms with E-state index >= 15 is 0 Å². The highest BCUT2D eigenvalue weighted by atomic mass is 19.1. The molecule has 3 heteroatoms. The number of ether oxygens (including phenoxy) is 1. The molecular weight excluding hydrogens is 243 g/mol. The SMILES string of the molecule is C=C/C=C(\C(=C)F)C(=O)c1cccc(C)c1COC. The third-order valence-corrected chi connectivity index (χ3v) is 2.76. The Morgan fingerprint density at radius 1 is 1.47 bits per heavy atom. The van der Waals surface area contributed by atoms with Gasteiger partial charge in [-0.15, -0.1) is 0 Å². The van der Waals surface area contributed by atoms with Crippen LogP contribution in [0.3, 0.4) is 0 Å². The lowest BCUT2D eigenvalue weighted by Crippen LogP contribution is -2.09. The molecule has 0 heterocycles. The second-order valence-electron chi connectivity index (χ2n) is 4.08. The van der Waals surface area contributed by atoms with Crippen LogP contribution in [-0.2, 0) is 11.3 Å². The van der Waals surface area contributed by atoms with E-state index in [1.165, 1.54) is 12.2 Å². The highest BCUT2D eigenvalue weighted by Crippen LogP contribution is 2.22. The fraction of sp³-hybridized carbons (Fsp3) is 0.188. The van der Waals surface area contributed by atoms with E-state index in [4.69, 9.17) is 4.74 Å². The maximum atomic E-state index is 13.3. The average Bonchev–Trinajstić information content (AvgIpc) is 2.37. The predicted molar refractivity (Wildman–Crippen MR) is 74.8 cm³/mol. The molecular formula is C16H17FO2. The zero-order valence-corrected chi connectivity index (χ0v) is 11.2. The molecule has 0 radical (unpaired) electrons. The van der Waals surface area contributed by atoms with Gasteiger partial charge in [-0.05, 0) is 24.1 Å². The van der Waals surface area contributed by atoms with E-state index in [0.29, 0.717) is 12.2 Å². The molecule has 0 saturated heterocycles. The molecule has 0 bridgehead atoms. The van der Waals surface area contributed by atoms with E-state index in [1.54, 1.807) is 19.2 Å². The lowest BCUT2D eigenvalue weighted by atomic mass is 9.95. The van der Waals surface area contributed by atoms with E-state index in [-0.39, 0.29) is 5.57 Å². The molecule has 0 spiro atoms. The topological polar surface area (TPSA) is 26.3 Å². The number of carbonyl (C=O) groups is 1. The van der Waals surface area contributed by atoms with Gasteiger partial charge in [0.25, 0.3) is 0 Å². The summed E-state index contributed by atoms with van der Waals surface area (Å²) in [6, 6.07) is 5.30. The van der Waals surface area contributed by atoms with Crippen molar-refractivity contribution < 1.29 is 13.9 Å². The number of allylic oxidation sites excluding steroid dienone is 4. The Labute approximate surface area is 112 Å². The number of benzene rings is 1. The first-order valence-electron chi connectivity index (χ1n) is 5.82. The quantitative estimate of drug-likeness (QED) is 0.440. The van der Waals surface area contributed by atoms with Crippen LogP contribution in [0.15, 0.2) is 54.9 Å². The molecule has 19 heavy (non-hydrogen) atoms. The summed E-state index contributed by atoms with van der Waals surface area (Å²) in [6.45, 7) is 8.84. The summed E-state index contributed by atoms with van der Waals surface area (Å²) in [4.78, 5) is 12.4. The number of methoxy groups -OCH3 is 1. The fourth-order valence-electron chi connectivity index (χ4n) is 1.80. The first kappa shape index (κ1) is 15.1. The molecule has 2 nitrogen and oxygen atoms in total. The van der Waals surface area contributed by atoms with Crippen LogP contribution in [0.2, 0.25) is 0 Å². The molecule has 0 amide bonds. The summed E-state index contributed by atoms with van der Waals surface area (Å²) in [6.07, 6.45) is 2.69. The Morgan fingerprint density at radius 2 is 2.16 bits per heavy atom. The van der Waals surface area contributed by atoms with E-state index in [0.717, 1.165) is 11.1 Å². The summed E-state index contributed by atoms with van der Waals surface area (Å²) in [5.74, 6) is -1.18. The number of halogens is 1. The van der Waals surface area contributed by atoms with Gasteiger partial charge < -0.3 is 4.74 Å². The number of ketones is 1. The first-order chi connectivity index (χ1) is 9.02. The van der Waals surface area contributed by atoms with Crippen molar-refractivity contribution in [3.8, 4) is 0 Å². The standard InChI is InChI=1S/C16H17FO2/c1-5-7-13(12(3)17)16(18)14-9-6-8-11(2)15(14)10-19-4/h5-9H,1,3,10H2,2,4H3/b13-7+. The van der Waals surface area contributed by atoms with Gasteiger partial charge in [-0.25, -0.2) is 4.39 Å². The summed E-state index contributed by atoms with van der Waals surface area (Å²) < 4.78 is 18.4. The molecule has 0 aliphatic rings. The van der Waals surface area contributed by atoms with Crippen LogP contribution in [0.5, 0.6) is 0 Å². The number of Topliss-reactive ketones (excluding diaryl/α,β-unsaturated/α-hetero) is 1. The van der Waals surface area contributed by atoms with Gasteiger partial charge in [-0.2, -0.15) is 0 Å². The molecule has 0 aliphatic heterocycles. The second kappa shape index (κ2) is 6.81.